The first-order valence-electron chi connectivity index (χ1n) is 11.5. The maximum absolute atomic E-state index is 12.7. The first-order valence-corrected chi connectivity index (χ1v) is 11.5. The minimum atomic E-state index is -0.396. The van der Waals surface area contributed by atoms with Crippen LogP contribution in [0, 0.1) is 0 Å². The van der Waals surface area contributed by atoms with Gasteiger partial charge in [-0.3, -0.25) is 14.4 Å². The number of hydrogen-bond donors (Lipinski definition) is 1. The Bertz CT molecular complexity index is 980. The van der Waals surface area contributed by atoms with E-state index in [0.717, 1.165) is 25.8 Å². The molecule has 170 valence electrons. The number of nitrogens with one attached hydrogen (secondary N) is 1. The summed E-state index contributed by atoms with van der Waals surface area (Å²) in [6.07, 6.45) is 4.80. The van der Waals surface area contributed by atoms with Crippen molar-refractivity contribution < 1.29 is 14.3 Å². The van der Waals surface area contributed by atoms with Crippen LogP contribution in [0.4, 0.5) is 0 Å². The van der Waals surface area contributed by atoms with E-state index in [-0.39, 0.29) is 17.4 Å². The third kappa shape index (κ3) is 5.46. The molecule has 7 heteroatoms. The first kappa shape index (κ1) is 22.3. The average Bonchev–Trinajstić information content (AvgIpc) is 2.96. The van der Waals surface area contributed by atoms with Gasteiger partial charge in [0.25, 0.3) is 5.91 Å². The highest BCUT2D eigenvalue weighted by Crippen LogP contribution is 2.30. The zero-order valence-electron chi connectivity index (χ0n) is 18.4. The number of rotatable bonds is 6. The molecule has 1 aromatic carbocycles. The fourth-order valence-corrected chi connectivity index (χ4v) is 4.64. The van der Waals surface area contributed by atoms with Crippen LogP contribution in [0.3, 0.4) is 0 Å². The van der Waals surface area contributed by atoms with Gasteiger partial charge in [-0.15, -0.1) is 0 Å². The quantitative estimate of drug-likeness (QED) is 0.705. The number of carbonyl (C=O) groups excluding carboxylic acids is 2. The van der Waals surface area contributed by atoms with Gasteiger partial charge < -0.3 is 19.5 Å². The monoisotopic (exact) mass is 437 g/mol. The maximum Gasteiger partial charge on any atom is 0.270 e. The van der Waals surface area contributed by atoms with Gasteiger partial charge in [0.1, 0.15) is 5.69 Å². The normalized spacial score (nSPS) is 18.6. The number of H-pyrrole nitrogens is 1. The highest BCUT2D eigenvalue weighted by molar-refractivity contribution is 5.92. The Hall–Kier alpha value is -2.93. The zero-order valence-corrected chi connectivity index (χ0v) is 18.4. The summed E-state index contributed by atoms with van der Waals surface area (Å²) in [6.45, 7) is 2.85. The minimum absolute atomic E-state index is 0.155. The van der Waals surface area contributed by atoms with Crippen LogP contribution in [0.15, 0.2) is 53.3 Å². The van der Waals surface area contributed by atoms with Gasteiger partial charge >= 0.3 is 0 Å². The number of aromatic amines is 1. The molecule has 0 atom stereocenters. The molecule has 0 saturated carbocycles. The second kappa shape index (κ2) is 10.1. The molecule has 1 N–H and O–H groups in total. The fraction of sp³-hybridized carbons (Fsp3) is 0.480. The number of unbranched alkanes of at least 4 members (excludes halogenated alkanes) is 1. The lowest BCUT2D eigenvalue weighted by Crippen LogP contribution is -2.53. The van der Waals surface area contributed by atoms with E-state index in [1.54, 1.807) is 17.0 Å². The summed E-state index contributed by atoms with van der Waals surface area (Å²) in [7, 11) is 0. The summed E-state index contributed by atoms with van der Waals surface area (Å²) >= 11 is 0. The van der Waals surface area contributed by atoms with Crippen molar-refractivity contribution in [2.45, 2.75) is 44.1 Å². The van der Waals surface area contributed by atoms with Gasteiger partial charge in [-0.1, -0.05) is 36.4 Å². The molecule has 2 aliphatic heterocycles. The van der Waals surface area contributed by atoms with Crippen LogP contribution in [-0.4, -0.2) is 65.0 Å². The summed E-state index contributed by atoms with van der Waals surface area (Å²) in [5, 5.41) is 0. The Morgan fingerprint density at radius 2 is 1.78 bits per heavy atom. The van der Waals surface area contributed by atoms with E-state index in [1.165, 1.54) is 11.6 Å². The van der Waals surface area contributed by atoms with E-state index < -0.39 is 5.60 Å². The largest absolute Gasteiger partial charge is 0.372 e. The number of carbonyl (C=O) groups is 2. The van der Waals surface area contributed by atoms with Gasteiger partial charge in [-0.05, 0) is 43.7 Å². The molecule has 0 bridgehead atoms. The van der Waals surface area contributed by atoms with Crippen LogP contribution < -0.4 is 5.56 Å². The van der Waals surface area contributed by atoms with E-state index in [4.69, 9.17) is 4.74 Å². The SMILES string of the molecule is O=C1CCOC2(CCN(C(=O)c3cccc(=O)[nH]3)CC2)CN1CCCCc1ccccc1. The summed E-state index contributed by atoms with van der Waals surface area (Å²) in [6, 6.07) is 15.0. The topological polar surface area (TPSA) is 82.7 Å². The highest BCUT2D eigenvalue weighted by atomic mass is 16.5. The Balaban J connectivity index is 1.31. The van der Waals surface area contributed by atoms with Crippen LogP contribution in [0.5, 0.6) is 0 Å². The predicted octanol–water partition coefficient (Wildman–Crippen LogP) is 2.62. The molecule has 2 amide bonds. The number of ether oxygens (including phenoxy) is 1. The molecule has 2 aliphatic rings. The molecule has 7 nitrogen and oxygen atoms in total. The minimum Gasteiger partial charge on any atom is -0.372 e. The lowest BCUT2D eigenvalue weighted by Gasteiger charge is -2.42. The van der Waals surface area contributed by atoms with Crippen LogP contribution in [-0.2, 0) is 16.0 Å². The Labute approximate surface area is 188 Å². The number of likely N-dealkylation sites (tertiary alicyclic amines) is 1. The molecule has 3 heterocycles. The number of aryl methyl sites for hydroxylation is 1. The fourth-order valence-electron chi connectivity index (χ4n) is 4.64. The van der Waals surface area contributed by atoms with Crippen molar-refractivity contribution in [3.8, 4) is 0 Å². The summed E-state index contributed by atoms with van der Waals surface area (Å²) in [5.74, 6) is -0.0121. The smallest absolute Gasteiger partial charge is 0.270 e. The third-order valence-corrected chi connectivity index (χ3v) is 6.50. The van der Waals surface area contributed by atoms with Gasteiger partial charge in [0.05, 0.1) is 18.6 Å². The number of pyridine rings is 1. The number of benzene rings is 1. The predicted molar refractivity (Wildman–Crippen MR) is 121 cm³/mol. The van der Waals surface area contributed by atoms with Crippen molar-refractivity contribution in [2.24, 2.45) is 0 Å². The summed E-state index contributed by atoms with van der Waals surface area (Å²) in [4.78, 5) is 43.3. The number of nitrogens with zero attached hydrogens (tertiary/aromatic N) is 2. The molecule has 2 aromatic rings. The van der Waals surface area contributed by atoms with Gasteiger partial charge in [0.15, 0.2) is 0 Å². The zero-order chi connectivity index (χ0) is 22.4. The van der Waals surface area contributed by atoms with Crippen LogP contribution in [0.2, 0.25) is 0 Å². The highest BCUT2D eigenvalue weighted by Gasteiger charge is 2.41. The van der Waals surface area contributed by atoms with Crippen LogP contribution in [0.1, 0.15) is 48.2 Å². The second-order valence-electron chi connectivity index (χ2n) is 8.76. The number of hydrogen-bond acceptors (Lipinski definition) is 4. The molecular formula is C25H31N3O4. The summed E-state index contributed by atoms with van der Waals surface area (Å²) in [5.41, 5.74) is 0.960. The molecule has 1 spiro atoms. The van der Waals surface area contributed by atoms with Crippen molar-refractivity contribution >= 4 is 11.8 Å². The van der Waals surface area contributed by atoms with Crippen molar-refractivity contribution in [2.75, 3.05) is 32.8 Å². The van der Waals surface area contributed by atoms with Gasteiger partial charge in [0, 0.05) is 32.2 Å². The molecule has 1 aromatic heterocycles. The van der Waals surface area contributed by atoms with E-state index >= 15 is 0 Å². The Kier molecular flexibility index (Phi) is 7.05. The van der Waals surface area contributed by atoms with Crippen LogP contribution in [0.25, 0.3) is 0 Å². The van der Waals surface area contributed by atoms with Crippen LogP contribution >= 0.6 is 0 Å². The molecule has 4 rings (SSSR count). The molecule has 2 saturated heterocycles. The van der Waals surface area contributed by atoms with E-state index in [1.807, 2.05) is 11.0 Å². The molecule has 32 heavy (non-hydrogen) atoms. The Morgan fingerprint density at radius 1 is 1.00 bits per heavy atom. The van der Waals surface area contributed by atoms with Crippen molar-refractivity contribution in [1.29, 1.82) is 0 Å². The lowest BCUT2D eigenvalue weighted by atomic mass is 9.90. The third-order valence-electron chi connectivity index (χ3n) is 6.50. The first-order chi connectivity index (χ1) is 15.5. The van der Waals surface area contributed by atoms with Gasteiger partial charge in [-0.25, -0.2) is 0 Å². The molecule has 0 radical (unpaired) electrons. The Morgan fingerprint density at radius 3 is 2.53 bits per heavy atom. The van der Waals surface area contributed by atoms with Crippen molar-refractivity contribution in [3.05, 3.63) is 70.1 Å². The number of piperidine rings is 1. The van der Waals surface area contributed by atoms with Gasteiger partial charge in [-0.2, -0.15) is 0 Å². The van der Waals surface area contributed by atoms with E-state index in [9.17, 15) is 14.4 Å². The van der Waals surface area contributed by atoms with Crippen molar-refractivity contribution in [1.82, 2.24) is 14.8 Å². The standard InChI is InChI=1S/C25H31N3O4/c29-22-11-6-10-21(26-22)24(31)27-16-13-25(14-17-27)19-28(23(30)12-18-32-25)15-5-4-9-20-7-2-1-3-8-20/h1-3,6-8,10-11H,4-5,9,12-19H2,(H,26,29). The number of aromatic nitrogens is 1. The maximum atomic E-state index is 12.7. The number of amides is 2. The lowest BCUT2D eigenvalue weighted by molar-refractivity contribution is -0.131. The average molecular weight is 438 g/mol. The van der Waals surface area contributed by atoms with Crippen molar-refractivity contribution in [3.63, 3.8) is 0 Å². The van der Waals surface area contributed by atoms with Gasteiger partial charge in [0.2, 0.25) is 11.5 Å². The molecular weight excluding hydrogens is 406 g/mol. The van der Waals surface area contributed by atoms with E-state index in [0.29, 0.717) is 51.2 Å². The molecule has 0 unspecified atom stereocenters. The summed E-state index contributed by atoms with van der Waals surface area (Å²) < 4.78 is 6.20. The molecule has 2 fully saturated rings. The van der Waals surface area contributed by atoms with E-state index in [2.05, 4.69) is 29.2 Å². The second-order valence-corrected chi connectivity index (χ2v) is 8.76. The molecule has 0 aliphatic carbocycles.